The van der Waals surface area contributed by atoms with Crippen molar-refractivity contribution in [3.63, 3.8) is 0 Å². The summed E-state index contributed by atoms with van der Waals surface area (Å²) in [6, 6.07) is 93.7. The highest BCUT2D eigenvalue weighted by atomic mass is 16.5. The van der Waals surface area contributed by atoms with Crippen LogP contribution in [0.4, 0.5) is 68.2 Å². The first kappa shape index (κ1) is 50.2. The molecule has 0 aliphatic carbocycles. The van der Waals surface area contributed by atoms with E-state index in [0.717, 1.165) is 113 Å². The lowest BCUT2D eigenvalue weighted by Crippen LogP contribution is -2.65. The van der Waals surface area contributed by atoms with Gasteiger partial charge in [0, 0.05) is 74.5 Å². The van der Waals surface area contributed by atoms with E-state index in [4.69, 9.17) is 9.47 Å². The number of rotatable bonds is 7. The number of benzene rings is 12. The molecule has 6 nitrogen and oxygen atoms in total. The number of ether oxygens (including phenoxy) is 2. The standard InChI is InChI=1S/C77H57B3N4O2/c1-48-41-51(4)76(52(5)42-48)84-65-46-70-62(45-61(65)78-58-35-18-21-38-63(58)82(55-31-14-8-15-32-55)66-43-57(44-67(84)73(66)78)81(53-27-10-6-11-28-53)54-29-12-7-13-30-54)79-60-37-20-23-40-69(60)85-71-47-68-74(77(86-70)75(71)79)80(72-49(2)25-24-26-50(72)3)59-36-19-22-39-64(59)83(68)56-33-16-9-17-34-56/h6-47H,1-5H3. The van der Waals surface area contributed by atoms with Gasteiger partial charge < -0.3 is 29.1 Å². The summed E-state index contributed by atoms with van der Waals surface area (Å²) >= 11 is 0. The van der Waals surface area contributed by atoms with Gasteiger partial charge in [-0.3, -0.25) is 0 Å². The Bertz CT molecular complexity index is 4690. The maximum absolute atomic E-state index is 8.07. The predicted octanol–water partition coefficient (Wildman–Crippen LogP) is 13.8. The van der Waals surface area contributed by atoms with Gasteiger partial charge in [-0.1, -0.05) is 186 Å². The Kier molecular flexibility index (Phi) is 11.3. The average molecular weight is 1100 g/mol. The van der Waals surface area contributed by atoms with Crippen LogP contribution in [0, 0.1) is 34.6 Å². The Morgan fingerprint density at radius 1 is 0.291 bits per heavy atom. The molecule has 0 N–H and O–H groups in total. The van der Waals surface area contributed by atoms with Crippen LogP contribution < -0.4 is 78.2 Å². The number of hydrogen-bond donors (Lipinski definition) is 0. The molecule has 9 heteroatoms. The molecule has 5 aliphatic heterocycles. The number of anilines is 12. The minimum absolute atomic E-state index is 0.166. The van der Waals surface area contributed by atoms with Gasteiger partial charge in [0.2, 0.25) is 0 Å². The third-order valence-electron chi connectivity index (χ3n) is 18.7. The largest absolute Gasteiger partial charge is 0.459 e. The second-order valence-corrected chi connectivity index (χ2v) is 23.8. The van der Waals surface area contributed by atoms with Crippen molar-refractivity contribution >= 4 is 138 Å². The average Bonchev–Trinajstić information content (AvgIpc) is 0.729. The SMILES string of the molecule is Cc1cc(C)c(N2c3cc4c(cc3B3c5ccccc5N(c5ccccc5)c5cc(N(c6ccccc6)c6ccccc6)cc2c53)B2c3ccccc3Oc3cc5c(c(c32)O4)B(c2c(C)cccc2C)c2ccccc2N5c2ccccc2)c(C)c1. The molecule has 406 valence electrons. The molecule has 0 spiro atoms. The van der Waals surface area contributed by atoms with Crippen molar-refractivity contribution < 1.29 is 9.47 Å². The highest BCUT2D eigenvalue weighted by molar-refractivity contribution is 7.03. The maximum atomic E-state index is 8.07. The lowest BCUT2D eigenvalue weighted by Gasteiger charge is -2.46. The molecule has 0 radical (unpaired) electrons. The molecule has 0 atom stereocenters. The molecule has 0 saturated carbocycles. The van der Waals surface area contributed by atoms with E-state index >= 15 is 0 Å². The van der Waals surface area contributed by atoms with Crippen LogP contribution in [0.3, 0.4) is 0 Å². The molecular weight excluding hydrogens is 1050 g/mol. The second kappa shape index (κ2) is 19.3. The first-order valence-corrected chi connectivity index (χ1v) is 30.0. The van der Waals surface area contributed by atoms with Crippen molar-refractivity contribution in [3.8, 4) is 23.0 Å². The summed E-state index contributed by atoms with van der Waals surface area (Å²) < 4.78 is 15.3. The fraction of sp³-hybridized carbons (Fsp3) is 0.0649. The van der Waals surface area contributed by atoms with Gasteiger partial charge in [0.15, 0.2) is 0 Å². The van der Waals surface area contributed by atoms with Gasteiger partial charge in [-0.15, -0.1) is 0 Å². The Balaban J connectivity index is 0.988. The lowest BCUT2D eigenvalue weighted by molar-refractivity contribution is 0.467. The van der Waals surface area contributed by atoms with Gasteiger partial charge >= 0.3 is 0 Å². The highest BCUT2D eigenvalue weighted by Crippen LogP contribution is 2.51. The zero-order valence-electron chi connectivity index (χ0n) is 48.6. The Labute approximate surface area is 504 Å². The summed E-state index contributed by atoms with van der Waals surface area (Å²) in [6.45, 7) is 10.8. The molecule has 86 heavy (non-hydrogen) atoms. The van der Waals surface area contributed by atoms with Gasteiger partial charge in [0.25, 0.3) is 20.1 Å². The molecule has 12 aromatic rings. The van der Waals surface area contributed by atoms with Gasteiger partial charge in [-0.2, -0.15) is 0 Å². The van der Waals surface area contributed by atoms with Crippen LogP contribution in [-0.4, -0.2) is 20.1 Å². The normalized spacial score (nSPS) is 13.5. The molecule has 5 heterocycles. The molecule has 0 unspecified atom stereocenters. The van der Waals surface area contributed by atoms with Crippen molar-refractivity contribution in [1.29, 1.82) is 0 Å². The zero-order valence-corrected chi connectivity index (χ0v) is 48.6. The van der Waals surface area contributed by atoms with E-state index < -0.39 is 0 Å². The van der Waals surface area contributed by atoms with Crippen molar-refractivity contribution in [2.45, 2.75) is 34.6 Å². The minimum atomic E-state index is -0.227. The van der Waals surface area contributed by atoms with Crippen molar-refractivity contribution in [2.75, 3.05) is 19.6 Å². The topological polar surface area (TPSA) is 31.4 Å². The predicted molar refractivity (Wildman–Crippen MR) is 362 cm³/mol. The fourth-order valence-electron chi connectivity index (χ4n) is 15.4. The van der Waals surface area contributed by atoms with Crippen LogP contribution in [0.1, 0.15) is 27.8 Å². The summed E-state index contributed by atoms with van der Waals surface area (Å²) in [6.07, 6.45) is 0. The van der Waals surface area contributed by atoms with Crippen LogP contribution in [0.15, 0.2) is 255 Å². The Morgan fingerprint density at radius 3 is 1.38 bits per heavy atom. The molecule has 0 amide bonds. The smallest absolute Gasteiger partial charge is 0.260 e. The first-order chi connectivity index (χ1) is 42.3. The Hall–Kier alpha value is -10.4. The molecule has 5 aliphatic rings. The monoisotopic (exact) mass is 1100 g/mol. The molecular formula is C77H57B3N4O2. The summed E-state index contributed by atoms with van der Waals surface area (Å²) in [5.74, 6) is 3.35. The number of hydrogen-bond acceptors (Lipinski definition) is 6. The van der Waals surface area contributed by atoms with Gasteiger partial charge in [0.05, 0.1) is 11.4 Å². The van der Waals surface area contributed by atoms with Crippen LogP contribution in [0.5, 0.6) is 23.0 Å². The van der Waals surface area contributed by atoms with Crippen molar-refractivity contribution in [3.05, 3.63) is 283 Å². The number of nitrogens with zero attached hydrogens (tertiary/aromatic N) is 4. The second-order valence-electron chi connectivity index (χ2n) is 23.8. The third kappa shape index (κ3) is 7.43. The van der Waals surface area contributed by atoms with E-state index in [1.807, 2.05) is 0 Å². The Morgan fingerprint density at radius 2 is 0.779 bits per heavy atom. The van der Waals surface area contributed by atoms with Crippen LogP contribution in [0.2, 0.25) is 0 Å². The van der Waals surface area contributed by atoms with Crippen molar-refractivity contribution in [1.82, 2.24) is 0 Å². The molecule has 17 rings (SSSR count). The first-order valence-electron chi connectivity index (χ1n) is 30.0. The molecule has 12 aromatic carbocycles. The summed E-state index contributed by atoms with van der Waals surface area (Å²) in [5, 5.41) is 0. The maximum Gasteiger partial charge on any atom is 0.260 e. The van der Waals surface area contributed by atoms with E-state index in [2.05, 4.69) is 309 Å². The van der Waals surface area contributed by atoms with E-state index in [1.54, 1.807) is 0 Å². The van der Waals surface area contributed by atoms with E-state index in [-0.39, 0.29) is 20.1 Å². The van der Waals surface area contributed by atoms with E-state index in [0.29, 0.717) is 0 Å². The quantitative estimate of drug-likeness (QED) is 0.148. The number of aryl methyl sites for hydroxylation is 5. The van der Waals surface area contributed by atoms with Gasteiger partial charge in [-0.05, 0) is 163 Å². The third-order valence-corrected chi connectivity index (χ3v) is 18.7. The highest BCUT2D eigenvalue weighted by Gasteiger charge is 2.50. The van der Waals surface area contributed by atoms with Crippen molar-refractivity contribution in [2.24, 2.45) is 0 Å². The van der Waals surface area contributed by atoms with Crippen LogP contribution >= 0.6 is 0 Å². The fourth-order valence-corrected chi connectivity index (χ4v) is 15.4. The molecule has 0 saturated heterocycles. The molecule has 0 aromatic heterocycles. The van der Waals surface area contributed by atoms with E-state index in [9.17, 15) is 0 Å². The summed E-state index contributed by atoms with van der Waals surface area (Å²) in [7, 11) is 0. The summed E-state index contributed by atoms with van der Waals surface area (Å²) in [5.41, 5.74) is 30.0. The number of para-hydroxylation sites is 7. The van der Waals surface area contributed by atoms with Gasteiger partial charge in [-0.25, -0.2) is 0 Å². The summed E-state index contributed by atoms with van der Waals surface area (Å²) in [4.78, 5) is 9.95. The minimum Gasteiger partial charge on any atom is -0.459 e. The van der Waals surface area contributed by atoms with Crippen LogP contribution in [0.25, 0.3) is 0 Å². The molecule has 0 fully saturated rings. The molecule has 0 bridgehead atoms. The lowest BCUT2D eigenvalue weighted by atomic mass is 9.29. The number of fused-ring (bicyclic) bond motifs is 11. The van der Waals surface area contributed by atoms with E-state index in [1.165, 1.54) is 55.1 Å². The van der Waals surface area contributed by atoms with Crippen LogP contribution in [-0.2, 0) is 0 Å². The zero-order chi connectivity index (χ0) is 57.5. The van der Waals surface area contributed by atoms with Gasteiger partial charge in [0.1, 0.15) is 23.0 Å².